The number of aromatic nitrogens is 1. The lowest BCUT2D eigenvalue weighted by Gasteiger charge is -2.35. The third-order valence-electron chi connectivity index (χ3n) is 7.99. The lowest BCUT2D eigenvalue weighted by Crippen LogP contribution is -2.45. The maximum absolute atomic E-state index is 13.3. The smallest absolute Gasteiger partial charge is 0.257 e. The number of hydrogen-bond acceptors (Lipinski definition) is 5. The maximum atomic E-state index is 13.3. The van der Waals surface area contributed by atoms with E-state index in [1.807, 2.05) is 19.1 Å². The fourth-order valence-electron chi connectivity index (χ4n) is 6.19. The number of nitrogens with one attached hydrogen (secondary N) is 1. The molecule has 0 bridgehead atoms. The summed E-state index contributed by atoms with van der Waals surface area (Å²) in [5, 5.41) is 3.24. The van der Waals surface area contributed by atoms with Gasteiger partial charge in [0, 0.05) is 24.3 Å². The second-order valence-corrected chi connectivity index (χ2v) is 11.7. The Morgan fingerprint density at radius 1 is 1.18 bits per heavy atom. The first-order valence-electron chi connectivity index (χ1n) is 12.8. The summed E-state index contributed by atoms with van der Waals surface area (Å²) in [4.78, 5) is 36.9. The zero-order valence-corrected chi connectivity index (χ0v) is 22.6. The summed E-state index contributed by atoms with van der Waals surface area (Å²) in [7, 11) is 1.74. The number of rotatable bonds is 7. The summed E-state index contributed by atoms with van der Waals surface area (Å²) in [5.41, 5.74) is 6.91. The first-order valence-corrected chi connectivity index (χ1v) is 13.9. The van der Waals surface area contributed by atoms with Crippen molar-refractivity contribution >= 4 is 40.4 Å². The molecule has 7 nitrogen and oxygen atoms in total. The molecule has 0 spiro atoms. The van der Waals surface area contributed by atoms with Gasteiger partial charge in [-0.25, -0.2) is 9.98 Å². The van der Waals surface area contributed by atoms with Crippen molar-refractivity contribution in [3.05, 3.63) is 27.1 Å². The van der Waals surface area contributed by atoms with E-state index in [2.05, 4.69) is 32.9 Å². The van der Waals surface area contributed by atoms with Crippen LogP contribution in [0.3, 0.4) is 0 Å². The average molecular weight is 580 g/mol. The lowest BCUT2D eigenvalue weighted by atomic mass is 9.74. The molecule has 1 aromatic heterocycles. The van der Waals surface area contributed by atoms with E-state index in [1.54, 1.807) is 7.05 Å². The molecule has 2 amide bonds. The molecule has 186 valence electrons. The third-order valence-corrected chi connectivity index (χ3v) is 8.55. The Morgan fingerprint density at radius 3 is 2.59 bits per heavy atom. The molecule has 0 saturated heterocycles. The van der Waals surface area contributed by atoms with Gasteiger partial charge in [0.2, 0.25) is 0 Å². The second kappa shape index (κ2) is 10.9. The largest absolute Gasteiger partial charge is 0.369 e. The first kappa shape index (κ1) is 25.4. The van der Waals surface area contributed by atoms with Gasteiger partial charge >= 0.3 is 0 Å². The van der Waals surface area contributed by atoms with Crippen molar-refractivity contribution < 1.29 is 9.59 Å². The SMILES string of the molecule is Cc1cc(C(=O)N[C@H]2CCC[C@H](C[C@@]3(CCC4CCCCC4)N=C(N)N(C)C3=O)C2)cc(I)n1. The van der Waals surface area contributed by atoms with E-state index in [0.717, 1.165) is 54.3 Å². The van der Waals surface area contributed by atoms with E-state index in [4.69, 9.17) is 10.7 Å². The van der Waals surface area contributed by atoms with Gasteiger partial charge in [0.05, 0.1) is 0 Å². The molecule has 0 aromatic carbocycles. The Morgan fingerprint density at radius 2 is 1.91 bits per heavy atom. The quantitative estimate of drug-likeness (QED) is 0.366. The van der Waals surface area contributed by atoms with Crippen LogP contribution >= 0.6 is 22.6 Å². The van der Waals surface area contributed by atoms with Gasteiger partial charge in [0.1, 0.15) is 9.24 Å². The van der Waals surface area contributed by atoms with Crippen molar-refractivity contribution in [3.63, 3.8) is 0 Å². The molecule has 3 atom stereocenters. The molecule has 2 heterocycles. The topological polar surface area (TPSA) is 101 Å². The van der Waals surface area contributed by atoms with Gasteiger partial charge in [-0.15, -0.1) is 0 Å². The van der Waals surface area contributed by atoms with E-state index in [0.29, 0.717) is 23.4 Å². The molecule has 3 aliphatic rings. The molecule has 1 aliphatic heterocycles. The second-order valence-electron chi connectivity index (χ2n) is 10.6. The van der Waals surface area contributed by atoms with E-state index >= 15 is 0 Å². The van der Waals surface area contributed by atoms with Crippen LogP contribution in [0.25, 0.3) is 0 Å². The number of nitrogens with zero attached hydrogens (tertiary/aromatic N) is 3. The van der Waals surface area contributed by atoms with Gasteiger partial charge < -0.3 is 11.1 Å². The van der Waals surface area contributed by atoms with E-state index in [-0.39, 0.29) is 17.9 Å². The minimum atomic E-state index is -0.731. The van der Waals surface area contributed by atoms with Crippen molar-refractivity contribution in [1.82, 2.24) is 15.2 Å². The summed E-state index contributed by atoms with van der Waals surface area (Å²) < 4.78 is 0.823. The highest BCUT2D eigenvalue weighted by molar-refractivity contribution is 14.1. The number of aryl methyl sites for hydroxylation is 1. The Labute approximate surface area is 216 Å². The van der Waals surface area contributed by atoms with E-state index in [1.165, 1.54) is 37.0 Å². The zero-order chi connectivity index (χ0) is 24.3. The van der Waals surface area contributed by atoms with Crippen LogP contribution in [0.15, 0.2) is 17.1 Å². The molecule has 0 radical (unpaired) electrons. The number of guanidine groups is 1. The van der Waals surface area contributed by atoms with Crippen LogP contribution in [0.4, 0.5) is 0 Å². The number of hydrogen-bond donors (Lipinski definition) is 2. The summed E-state index contributed by atoms with van der Waals surface area (Å²) in [6, 6.07) is 3.78. The highest BCUT2D eigenvalue weighted by Gasteiger charge is 2.48. The molecular formula is C26H38IN5O2. The monoisotopic (exact) mass is 579 g/mol. The minimum absolute atomic E-state index is 0.0416. The van der Waals surface area contributed by atoms with Crippen LogP contribution < -0.4 is 11.1 Å². The summed E-state index contributed by atoms with van der Waals surface area (Å²) in [6.45, 7) is 1.91. The average Bonchev–Trinajstić information content (AvgIpc) is 3.01. The van der Waals surface area contributed by atoms with Gasteiger partial charge in [-0.2, -0.15) is 0 Å². The minimum Gasteiger partial charge on any atom is -0.369 e. The fourth-order valence-corrected chi connectivity index (χ4v) is 6.90. The van der Waals surface area contributed by atoms with Crippen LogP contribution in [-0.4, -0.2) is 46.3 Å². The standard InChI is InChI=1S/C26H38IN5O2/c1-17-13-20(15-22(27)29-17)23(33)30-21-10-6-9-19(14-21)16-26(24(34)32(2)25(28)31-26)12-11-18-7-4-3-5-8-18/h13,15,18-19,21H,3-12,14,16H2,1-2H3,(H2,28,31)(H,30,33)/t19-,21-,26+/m0/s1. The molecule has 4 rings (SSSR count). The number of carbonyl (C=O) groups is 2. The summed E-state index contributed by atoms with van der Waals surface area (Å²) in [5.74, 6) is 1.40. The maximum Gasteiger partial charge on any atom is 0.257 e. The molecule has 0 unspecified atom stereocenters. The molecule has 8 heteroatoms. The molecule has 34 heavy (non-hydrogen) atoms. The van der Waals surface area contributed by atoms with E-state index < -0.39 is 5.54 Å². The number of amides is 2. The normalized spacial score (nSPS) is 28.1. The van der Waals surface area contributed by atoms with Crippen LogP contribution in [0, 0.1) is 22.5 Å². The molecular weight excluding hydrogens is 541 g/mol. The van der Waals surface area contributed by atoms with Crippen molar-refractivity contribution in [3.8, 4) is 0 Å². The van der Waals surface area contributed by atoms with Crippen molar-refractivity contribution in [2.75, 3.05) is 7.05 Å². The van der Waals surface area contributed by atoms with Gasteiger partial charge in [-0.05, 0) is 85.6 Å². The van der Waals surface area contributed by atoms with Gasteiger partial charge in [-0.3, -0.25) is 14.5 Å². The molecule has 2 aliphatic carbocycles. The van der Waals surface area contributed by atoms with Crippen molar-refractivity contribution in [2.45, 2.75) is 95.6 Å². The lowest BCUT2D eigenvalue weighted by molar-refractivity contribution is -0.131. The molecule has 2 saturated carbocycles. The predicted octanol–water partition coefficient (Wildman–Crippen LogP) is 4.56. The van der Waals surface area contributed by atoms with Crippen molar-refractivity contribution in [1.29, 1.82) is 0 Å². The van der Waals surface area contributed by atoms with Gasteiger partial charge in [0.25, 0.3) is 11.8 Å². The zero-order valence-electron chi connectivity index (χ0n) is 20.5. The Balaban J connectivity index is 1.42. The molecule has 3 N–H and O–H groups in total. The van der Waals surface area contributed by atoms with Crippen LogP contribution in [0.5, 0.6) is 0 Å². The third kappa shape index (κ3) is 5.91. The van der Waals surface area contributed by atoms with Gasteiger partial charge in [-0.1, -0.05) is 44.9 Å². The Kier molecular flexibility index (Phi) is 8.15. The number of halogens is 1. The number of carbonyl (C=O) groups excluding carboxylic acids is 2. The number of pyridine rings is 1. The van der Waals surface area contributed by atoms with Crippen LogP contribution in [0.2, 0.25) is 0 Å². The molecule has 1 aromatic rings. The predicted molar refractivity (Wildman–Crippen MR) is 142 cm³/mol. The number of likely N-dealkylation sites (N-methyl/N-ethyl adjacent to an activating group) is 1. The highest BCUT2D eigenvalue weighted by Crippen LogP contribution is 2.40. The van der Waals surface area contributed by atoms with Gasteiger partial charge in [0.15, 0.2) is 5.96 Å². The fraction of sp³-hybridized carbons (Fsp3) is 0.692. The highest BCUT2D eigenvalue weighted by atomic mass is 127. The van der Waals surface area contributed by atoms with Crippen molar-refractivity contribution in [2.24, 2.45) is 22.6 Å². The van der Waals surface area contributed by atoms with Crippen LogP contribution in [-0.2, 0) is 4.79 Å². The summed E-state index contributed by atoms with van der Waals surface area (Å²) >= 11 is 2.15. The number of nitrogens with two attached hydrogens (primary N) is 1. The Bertz CT molecular complexity index is 925. The van der Waals surface area contributed by atoms with Crippen LogP contribution in [0.1, 0.15) is 93.1 Å². The first-order chi connectivity index (χ1) is 16.3. The number of aliphatic imine (C=N–C) groups is 1. The summed E-state index contributed by atoms with van der Waals surface area (Å²) in [6.07, 6.45) is 13.0. The van der Waals surface area contributed by atoms with E-state index in [9.17, 15) is 9.59 Å². The Hall–Kier alpha value is -1.71. The molecule has 2 fully saturated rings.